The van der Waals surface area contributed by atoms with Gasteiger partial charge in [0.1, 0.15) is 0 Å². The number of benzene rings is 2. The summed E-state index contributed by atoms with van der Waals surface area (Å²) in [5.41, 5.74) is 1.82. The summed E-state index contributed by atoms with van der Waals surface area (Å²) in [6.07, 6.45) is 0.211. The molecule has 0 bridgehead atoms. The lowest BCUT2D eigenvalue weighted by Crippen LogP contribution is -2.16. The van der Waals surface area contributed by atoms with Gasteiger partial charge in [0, 0.05) is 0 Å². The zero-order valence-electron chi connectivity index (χ0n) is 13.0. The second-order valence-corrected chi connectivity index (χ2v) is 4.87. The quantitative estimate of drug-likeness (QED) is 0.630. The summed E-state index contributed by atoms with van der Waals surface area (Å²) >= 11 is 0. The number of carbonyl (C=O) groups excluding carboxylic acids is 2. The zero-order chi connectivity index (χ0) is 16.5. The monoisotopic (exact) mass is 313 g/mol. The maximum absolute atomic E-state index is 11.9. The number of esters is 1. The van der Waals surface area contributed by atoms with E-state index in [0.29, 0.717) is 24.5 Å². The molecule has 2 rings (SSSR count). The molecule has 0 aliphatic carbocycles. The molecular formula is C18H19NO4. The van der Waals surface area contributed by atoms with Gasteiger partial charge >= 0.3 is 5.97 Å². The van der Waals surface area contributed by atoms with E-state index in [9.17, 15) is 9.59 Å². The first kappa shape index (κ1) is 16.7. The minimum atomic E-state index is -0.485. The van der Waals surface area contributed by atoms with Gasteiger partial charge in [-0.25, -0.2) is 4.79 Å². The highest BCUT2D eigenvalue weighted by molar-refractivity contribution is 6.01. The number of rotatable bonds is 7. The van der Waals surface area contributed by atoms with Gasteiger partial charge in [0.05, 0.1) is 38.0 Å². The van der Waals surface area contributed by atoms with Crippen molar-refractivity contribution < 1.29 is 19.1 Å². The lowest BCUT2D eigenvalue weighted by molar-refractivity contribution is -0.117. The van der Waals surface area contributed by atoms with Gasteiger partial charge in [-0.1, -0.05) is 42.5 Å². The first-order chi connectivity index (χ1) is 11.2. The standard InChI is InChI=1S/C18H19NO4/c1-22-18(21)15-9-5-6-10-16(15)19-17(20)11-12-23-13-14-7-3-2-4-8-14/h2-10H,11-13H2,1H3,(H,19,20). The van der Waals surface area contributed by atoms with Crippen LogP contribution in [0.15, 0.2) is 54.6 Å². The summed E-state index contributed by atoms with van der Waals surface area (Å²) in [6, 6.07) is 16.5. The molecule has 5 nitrogen and oxygen atoms in total. The van der Waals surface area contributed by atoms with Crippen LogP contribution in [-0.4, -0.2) is 25.6 Å². The summed E-state index contributed by atoms with van der Waals surface area (Å²) in [4.78, 5) is 23.6. The molecule has 0 atom stereocenters. The molecule has 2 aromatic carbocycles. The van der Waals surface area contributed by atoms with Crippen LogP contribution in [0.25, 0.3) is 0 Å². The Labute approximate surface area is 135 Å². The highest BCUT2D eigenvalue weighted by Crippen LogP contribution is 2.16. The number of methoxy groups -OCH3 is 1. The molecule has 120 valence electrons. The minimum Gasteiger partial charge on any atom is -0.465 e. The van der Waals surface area contributed by atoms with Crippen LogP contribution < -0.4 is 5.32 Å². The molecule has 0 saturated heterocycles. The molecule has 0 aliphatic rings. The van der Waals surface area contributed by atoms with Crippen molar-refractivity contribution in [1.29, 1.82) is 0 Å². The first-order valence-corrected chi connectivity index (χ1v) is 7.29. The molecular weight excluding hydrogens is 294 g/mol. The summed E-state index contributed by atoms with van der Waals surface area (Å²) in [6.45, 7) is 0.772. The van der Waals surface area contributed by atoms with Crippen molar-refractivity contribution in [3.8, 4) is 0 Å². The van der Waals surface area contributed by atoms with Crippen molar-refractivity contribution >= 4 is 17.6 Å². The van der Waals surface area contributed by atoms with Crippen LogP contribution in [0.1, 0.15) is 22.3 Å². The van der Waals surface area contributed by atoms with Gasteiger partial charge in [0.15, 0.2) is 0 Å². The summed E-state index contributed by atoms with van der Waals surface area (Å²) in [5.74, 6) is -0.698. The van der Waals surface area contributed by atoms with E-state index in [1.54, 1.807) is 24.3 Å². The maximum Gasteiger partial charge on any atom is 0.339 e. The average Bonchev–Trinajstić information content (AvgIpc) is 2.59. The number of amides is 1. The molecule has 1 N–H and O–H groups in total. The summed E-state index contributed by atoms with van der Waals surface area (Å²) in [5, 5.41) is 2.70. The lowest BCUT2D eigenvalue weighted by Gasteiger charge is -2.09. The molecule has 2 aromatic rings. The van der Waals surface area contributed by atoms with Crippen molar-refractivity contribution in [2.24, 2.45) is 0 Å². The van der Waals surface area contributed by atoms with Gasteiger partial charge in [-0.05, 0) is 17.7 Å². The molecule has 0 radical (unpaired) electrons. The molecule has 0 aliphatic heterocycles. The van der Waals surface area contributed by atoms with E-state index in [1.807, 2.05) is 30.3 Å². The fourth-order valence-corrected chi connectivity index (χ4v) is 2.02. The van der Waals surface area contributed by atoms with E-state index >= 15 is 0 Å². The van der Waals surface area contributed by atoms with Crippen molar-refractivity contribution in [3.63, 3.8) is 0 Å². The Bertz CT molecular complexity index is 655. The molecule has 0 unspecified atom stereocenters. The van der Waals surface area contributed by atoms with Crippen molar-refractivity contribution in [1.82, 2.24) is 0 Å². The Morgan fingerprint density at radius 2 is 1.70 bits per heavy atom. The number of carbonyl (C=O) groups is 2. The predicted molar refractivity (Wildman–Crippen MR) is 87.1 cm³/mol. The highest BCUT2D eigenvalue weighted by Gasteiger charge is 2.12. The molecule has 1 amide bonds. The molecule has 0 aromatic heterocycles. The largest absolute Gasteiger partial charge is 0.465 e. The van der Waals surface area contributed by atoms with Gasteiger partial charge in [-0.15, -0.1) is 0 Å². The smallest absolute Gasteiger partial charge is 0.339 e. The number of anilines is 1. The van der Waals surface area contributed by atoms with E-state index in [0.717, 1.165) is 5.56 Å². The van der Waals surface area contributed by atoms with Gasteiger partial charge in [0.2, 0.25) is 5.91 Å². The van der Waals surface area contributed by atoms with Crippen molar-refractivity contribution in [2.45, 2.75) is 13.0 Å². The van der Waals surface area contributed by atoms with Gasteiger partial charge in [-0.3, -0.25) is 4.79 Å². The molecule has 0 fully saturated rings. The second kappa shape index (κ2) is 8.70. The number of para-hydroxylation sites is 1. The molecule has 0 saturated carbocycles. The third-order valence-corrected chi connectivity index (χ3v) is 3.19. The minimum absolute atomic E-state index is 0.211. The molecule has 5 heteroatoms. The predicted octanol–water partition coefficient (Wildman–Crippen LogP) is 3.02. The Morgan fingerprint density at radius 3 is 2.43 bits per heavy atom. The SMILES string of the molecule is COC(=O)c1ccccc1NC(=O)CCOCc1ccccc1. The van der Waals surface area contributed by atoms with E-state index < -0.39 is 5.97 Å². The fourth-order valence-electron chi connectivity index (χ4n) is 2.02. The summed E-state index contributed by atoms with van der Waals surface area (Å²) < 4.78 is 10.2. The van der Waals surface area contributed by atoms with Crippen molar-refractivity contribution in [2.75, 3.05) is 19.0 Å². The van der Waals surface area contributed by atoms with Gasteiger partial charge in [0.25, 0.3) is 0 Å². The molecule has 0 heterocycles. The molecule has 23 heavy (non-hydrogen) atoms. The van der Waals surface area contributed by atoms with Crippen LogP contribution >= 0.6 is 0 Å². The Hall–Kier alpha value is -2.66. The average molecular weight is 313 g/mol. The second-order valence-electron chi connectivity index (χ2n) is 4.87. The van der Waals surface area contributed by atoms with Crippen molar-refractivity contribution in [3.05, 3.63) is 65.7 Å². The topological polar surface area (TPSA) is 64.6 Å². The fraction of sp³-hybridized carbons (Fsp3) is 0.222. The van der Waals surface area contributed by atoms with Gasteiger partial charge < -0.3 is 14.8 Å². The van der Waals surface area contributed by atoms with Gasteiger partial charge in [-0.2, -0.15) is 0 Å². The number of hydrogen-bond acceptors (Lipinski definition) is 4. The van der Waals surface area contributed by atoms with E-state index in [-0.39, 0.29) is 12.3 Å². The van der Waals surface area contributed by atoms with Crippen LogP contribution in [0.4, 0.5) is 5.69 Å². The third-order valence-electron chi connectivity index (χ3n) is 3.19. The van der Waals surface area contributed by atoms with Crippen LogP contribution in [0, 0.1) is 0 Å². The zero-order valence-corrected chi connectivity index (χ0v) is 13.0. The van der Waals surface area contributed by atoms with E-state index in [2.05, 4.69) is 5.32 Å². The normalized spacial score (nSPS) is 10.1. The Morgan fingerprint density at radius 1 is 1.00 bits per heavy atom. The Kier molecular flexibility index (Phi) is 6.32. The number of ether oxygens (including phenoxy) is 2. The lowest BCUT2D eigenvalue weighted by atomic mass is 10.1. The maximum atomic E-state index is 11.9. The Balaban J connectivity index is 1.80. The molecule has 0 spiro atoms. The van der Waals surface area contributed by atoms with E-state index in [4.69, 9.17) is 9.47 Å². The summed E-state index contributed by atoms with van der Waals surface area (Å²) in [7, 11) is 1.30. The highest BCUT2D eigenvalue weighted by atomic mass is 16.5. The van der Waals surface area contributed by atoms with Crippen LogP contribution in [0.3, 0.4) is 0 Å². The number of hydrogen-bond donors (Lipinski definition) is 1. The van der Waals surface area contributed by atoms with Crippen LogP contribution in [0.5, 0.6) is 0 Å². The van der Waals surface area contributed by atoms with Crippen LogP contribution in [0.2, 0.25) is 0 Å². The first-order valence-electron chi connectivity index (χ1n) is 7.29. The van der Waals surface area contributed by atoms with E-state index in [1.165, 1.54) is 7.11 Å². The number of nitrogens with one attached hydrogen (secondary N) is 1. The third kappa shape index (κ3) is 5.23. The van der Waals surface area contributed by atoms with Crippen LogP contribution in [-0.2, 0) is 20.9 Å².